The molecule has 6 heteroatoms. The number of hydrogen-bond donors (Lipinski definition) is 2. The van der Waals surface area contributed by atoms with Crippen molar-refractivity contribution in [3.05, 3.63) is 65.5 Å². The summed E-state index contributed by atoms with van der Waals surface area (Å²) in [7, 11) is 0. The monoisotopic (exact) mass is 358 g/mol. The minimum absolute atomic E-state index is 0.00362. The third-order valence-corrected chi connectivity index (χ3v) is 3.81. The standard InChI is InChI=1S/C20H23FN2O3/c1-13(26-17-11-9-16(21)10-12-17)18(24)22-23-19(25)14-5-7-15(8-6-14)20(2,3)4/h5-13H,1-4H3,(H,22,24)(H,23,25). The number of nitrogens with one attached hydrogen (secondary N) is 2. The fraction of sp³-hybridized carbons (Fsp3) is 0.300. The van der Waals surface area contributed by atoms with E-state index in [-0.39, 0.29) is 11.2 Å². The van der Waals surface area contributed by atoms with Crippen LogP contribution in [0.2, 0.25) is 0 Å². The van der Waals surface area contributed by atoms with Gasteiger partial charge in [-0.3, -0.25) is 20.4 Å². The molecule has 0 aliphatic heterocycles. The maximum atomic E-state index is 12.9. The van der Waals surface area contributed by atoms with E-state index in [1.165, 1.54) is 31.2 Å². The van der Waals surface area contributed by atoms with Crippen LogP contribution in [-0.2, 0) is 10.2 Å². The van der Waals surface area contributed by atoms with Gasteiger partial charge in [0.2, 0.25) is 0 Å². The van der Waals surface area contributed by atoms with E-state index in [0.29, 0.717) is 11.3 Å². The second-order valence-corrected chi connectivity index (χ2v) is 6.98. The van der Waals surface area contributed by atoms with Gasteiger partial charge in [-0.2, -0.15) is 0 Å². The molecule has 0 radical (unpaired) electrons. The zero-order chi connectivity index (χ0) is 19.3. The van der Waals surface area contributed by atoms with E-state index in [2.05, 4.69) is 31.6 Å². The van der Waals surface area contributed by atoms with Crippen LogP contribution in [0.1, 0.15) is 43.6 Å². The van der Waals surface area contributed by atoms with Gasteiger partial charge in [0.1, 0.15) is 11.6 Å². The van der Waals surface area contributed by atoms with Crippen LogP contribution >= 0.6 is 0 Å². The summed E-state index contributed by atoms with van der Waals surface area (Å²) in [6.45, 7) is 7.80. The van der Waals surface area contributed by atoms with E-state index in [9.17, 15) is 14.0 Å². The van der Waals surface area contributed by atoms with Gasteiger partial charge in [0, 0.05) is 5.56 Å². The first-order valence-electron chi connectivity index (χ1n) is 8.30. The lowest BCUT2D eigenvalue weighted by molar-refractivity contribution is -0.128. The van der Waals surface area contributed by atoms with Crippen molar-refractivity contribution in [2.45, 2.75) is 39.2 Å². The molecule has 1 atom stereocenters. The lowest BCUT2D eigenvalue weighted by Gasteiger charge is -2.19. The molecule has 0 spiro atoms. The van der Waals surface area contributed by atoms with E-state index in [1.54, 1.807) is 12.1 Å². The molecule has 2 aromatic carbocycles. The van der Waals surface area contributed by atoms with Crippen molar-refractivity contribution >= 4 is 11.8 Å². The first kappa shape index (κ1) is 19.4. The summed E-state index contributed by atoms with van der Waals surface area (Å²) in [5.41, 5.74) is 6.22. The minimum Gasteiger partial charge on any atom is -0.481 e. The number of carbonyl (C=O) groups is 2. The number of hydrogen-bond acceptors (Lipinski definition) is 3. The number of halogens is 1. The van der Waals surface area contributed by atoms with Crippen LogP contribution in [0.5, 0.6) is 5.75 Å². The zero-order valence-corrected chi connectivity index (χ0v) is 15.3. The maximum absolute atomic E-state index is 12.9. The van der Waals surface area contributed by atoms with Gasteiger partial charge in [0.15, 0.2) is 6.10 Å². The molecule has 2 rings (SSSR count). The molecular formula is C20H23FN2O3. The van der Waals surface area contributed by atoms with Crippen molar-refractivity contribution in [3.8, 4) is 5.75 Å². The predicted molar refractivity (Wildman–Crippen MR) is 97.2 cm³/mol. The molecule has 2 amide bonds. The topological polar surface area (TPSA) is 67.4 Å². The van der Waals surface area contributed by atoms with Crippen LogP contribution in [0.25, 0.3) is 0 Å². The minimum atomic E-state index is -0.857. The van der Waals surface area contributed by atoms with Gasteiger partial charge in [0.25, 0.3) is 11.8 Å². The van der Waals surface area contributed by atoms with E-state index in [0.717, 1.165) is 5.56 Å². The Morgan fingerprint density at radius 1 is 0.962 bits per heavy atom. The van der Waals surface area contributed by atoms with Gasteiger partial charge >= 0.3 is 0 Å². The van der Waals surface area contributed by atoms with Gasteiger partial charge in [-0.1, -0.05) is 32.9 Å². The van der Waals surface area contributed by atoms with E-state index in [1.807, 2.05) is 12.1 Å². The van der Waals surface area contributed by atoms with E-state index < -0.39 is 17.9 Å². The molecule has 138 valence electrons. The highest BCUT2D eigenvalue weighted by Crippen LogP contribution is 2.22. The quantitative estimate of drug-likeness (QED) is 0.824. The smallest absolute Gasteiger partial charge is 0.279 e. The van der Waals surface area contributed by atoms with Crippen molar-refractivity contribution in [1.82, 2.24) is 10.9 Å². The summed E-state index contributed by atoms with van der Waals surface area (Å²) < 4.78 is 18.3. The molecule has 2 N–H and O–H groups in total. The second-order valence-electron chi connectivity index (χ2n) is 6.98. The summed E-state index contributed by atoms with van der Waals surface area (Å²) in [5, 5.41) is 0. The molecule has 5 nitrogen and oxygen atoms in total. The van der Waals surface area contributed by atoms with Crippen LogP contribution in [-0.4, -0.2) is 17.9 Å². The van der Waals surface area contributed by atoms with Gasteiger partial charge < -0.3 is 4.74 Å². The van der Waals surface area contributed by atoms with E-state index in [4.69, 9.17) is 4.74 Å². The average Bonchev–Trinajstić information content (AvgIpc) is 2.60. The average molecular weight is 358 g/mol. The Hall–Kier alpha value is -2.89. The van der Waals surface area contributed by atoms with Crippen LogP contribution in [0.3, 0.4) is 0 Å². The fourth-order valence-corrected chi connectivity index (χ4v) is 2.18. The molecule has 0 bridgehead atoms. The third-order valence-electron chi connectivity index (χ3n) is 3.81. The Labute approximate surface area is 152 Å². The number of ether oxygens (including phenoxy) is 1. The first-order chi connectivity index (χ1) is 12.2. The molecule has 0 heterocycles. The van der Waals surface area contributed by atoms with Crippen molar-refractivity contribution in [1.29, 1.82) is 0 Å². The Balaban J connectivity index is 1.87. The van der Waals surface area contributed by atoms with Crippen LogP contribution in [0.15, 0.2) is 48.5 Å². The number of rotatable bonds is 4. The molecule has 0 fully saturated rings. The van der Waals surface area contributed by atoms with Gasteiger partial charge in [0.05, 0.1) is 0 Å². The maximum Gasteiger partial charge on any atom is 0.279 e. The molecule has 26 heavy (non-hydrogen) atoms. The van der Waals surface area contributed by atoms with Crippen molar-refractivity contribution in [2.75, 3.05) is 0 Å². The summed E-state index contributed by atoms with van der Waals surface area (Å²) in [6.07, 6.45) is -0.857. The van der Waals surface area contributed by atoms with Gasteiger partial charge in [-0.05, 0) is 54.3 Å². The zero-order valence-electron chi connectivity index (χ0n) is 15.3. The molecule has 0 saturated heterocycles. The number of amides is 2. The number of carbonyl (C=O) groups excluding carboxylic acids is 2. The fourth-order valence-electron chi connectivity index (χ4n) is 2.18. The molecule has 0 aromatic heterocycles. The van der Waals surface area contributed by atoms with Gasteiger partial charge in [-0.15, -0.1) is 0 Å². The first-order valence-corrected chi connectivity index (χ1v) is 8.30. The largest absolute Gasteiger partial charge is 0.481 e. The molecule has 0 aliphatic carbocycles. The number of benzene rings is 2. The molecule has 2 aromatic rings. The third kappa shape index (κ3) is 5.31. The molecule has 0 aliphatic rings. The second kappa shape index (κ2) is 7.99. The van der Waals surface area contributed by atoms with Crippen LogP contribution < -0.4 is 15.6 Å². The van der Waals surface area contributed by atoms with Gasteiger partial charge in [-0.25, -0.2) is 4.39 Å². The summed E-state index contributed by atoms with van der Waals surface area (Å²) in [4.78, 5) is 24.1. The van der Waals surface area contributed by atoms with Crippen LogP contribution in [0, 0.1) is 5.82 Å². The highest BCUT2D eigenvalue weighted by molar-refractivity contribution is 5.95. The van der Waals surface area contributed by atoms with E-state index >= 15 is 0 Å². The predicted octanol–water partition coefficient (Wildman–Crippen LogP) is 3.35. The van der Waals surface area contributed by atoms with Crippen LogP contribution in [0.4, 0.5) is 4.39 Å². The number of hydrazine groups is 1. The Morgan fingerprint density at radius 2 is 1.54 bits per heavy atom. The Morgan fingerprint density at radius 3 is 2.08 bits per heavy atom. The molecular weight excluding hydrogens is 335 g/mol. The SMILES string of the molecule is CC(Oc1ccc(F)cc1)C(=O)NNC(=O)c1ccc(C(C)(C)C)cc1. The highest BCUT2D eigenvalue weighted by atomic mass is 19.1. The summed E-state index contributed by atoms with van der Waals surface area (Å²) >= 11 is 0. The normalized spacial score (nSPS) is 12.2. The summed E-state index contributed by atoms with van der Waals surface area (Å²) in [5.74, 6) is -0.973. The lowest BCUT2D eigenvalue weighted by Crippen LogP contribution is -2.47. The Bertz CT molecular complexity index is 765. The molecule has 1 unspecified atom stereocenters. The highest BCUT2D eigenvalue weighted by Gasteiger charge is 2.17. The lowest BCUT2D eigenvalue weighted by atomic mass is 9.87. The Kier molecular flexibility index (Phi) is 5.97. The van der Waals surface area contributed by atoms with Crippen molar-refractivity contribution in [2.24, 2.45) is 0 Å². The molecule has 0 saturated carbocycles. The summed E-state index contributed by atoms with van der Waals surface area (Å²) in [6, 6.07) is 12.5. The van der Waals surface area contributed by atoms with Crippen molar-refractivity contribution < 1.29 is 18.7 Å². The van der Waals surface area contributed by atoms with Crippen molar-refractivity contribution in [3.63, 3.8) is 0 Å².